The summed E-state index contributed by atoms with van der Waals surface area (Å²) in [6.07, 6.45) is 12.6. The first-order valence-electron chi connectivity index (χ1n) is 32.5. The summed E-state index contributed by atoms with van der Waals surface area (Å²) in [5, 5.41) is 36.9. The topological polar surface area (TPSA) is 310 Å². The Labute approximate surface area is 557 Å². The number of nitrogens with one attached hydrogen (secondary N) is 9. The van der Waals surface area contributed by atoms with Crippen LogP contribution in [0.25, 0.3) is 39.0 Å². The molecule has 5 aromatic rings. The third kappa shape index (κ3) is 19.0. The van der Waals surface area contributed by atoms with Crippen LogP contribution in [-0.2, 0) is 30.9 Å². The number of rotatable bonds is 33. The molecule has 24 nitrogen and oxygen atoms in total. The summed E-state index contributed by atoms with van der Waals surface area (Å²) >= 11 is 3.73. The second kappa shape index (κ2) is 32.6. The summed E-state index contributed by atoms with van der Waals surface area (Å²) in [7, 11) is -0.932. The molecular formula is C66H89FN14O10S3. The van der Waals surface area contributed by atoms with Crippen LogP contribution in [0.5, 0.6) is 0 Å². The molecule has 0 spiro atoms. The van der Waals surface area contributed by atoms with Crippen molar-refractivity contribution in [1.29, 1.82) is 0 Å². The molecule has 6 atom stereocenters. The van der Waals surface area contributed by atoms with E-state index < -0.39 is 39.4 Å². The first kappa shape index (κ1) is 70.6. The lowest BCUT2D eigenvalue weighted by atomic mass is 10.0. The number of alkyl carbamates (subject to hydrolysis) is 1. The molecule has 9 rings (SSSR count). The zero-order chi connectivity index (χ0) is 67.1. The Bertz CT molecular complexity index is 3600. The molecule has 0 aliphatic carbocycles. The molecule has 6 heterocycles. The van der Waals surface area contributed by atoms with Crippen LogP contribution in [0.4, 0.5) is 18.8 Å². The molecule has 9 amide bonds. The third-order valence-corrected chi connectivity index (χ3v) is 21.9. The highest BCUT2D eigenvalue weighted by Gasteiger charge is 2.43. The first-order chi connectivity index (χ1) is 45.0. The van der Waals surface area contributed by atoms with Gasteiger partial charge in [0.05, 0.1) is 47.5 Å². The number of halogens is 1. The van der Waals surface area contributed by atoms with Crippen molar-refractivity contribution in [1.82, 2.24) is 71.7 Å². The summed E-state index contributed by atoms with van der Waals surface area (Å²) < 4.78 is 52.4. The van der Waals surface area contributed by atoms with E-state index in [-0.39, 0.29) is 77.2 Å². The summed E-state index contributed by atoms with van der Waals surface area (Å²) in [5.41, 5.74) is 3.59. The fourth-order valence-corrected chi connectivity index (χ4v) is 16.2. The minimum Gasteiger partial charge on any atom is -0.444 e. The van der Waals surface area contributed by atoms with Crippen molar-refractivity contribution in [3.63, 3.8) is 0 Å². The standard InChI is InChI=1S/C66H89FN14O10S3/c1-41-58(43-18-17-19-48(35-43)94(89,90)79(5)6)49-36-42(24-25-53(49)80(41)37-46(67)26-31-72-65(88)91-66(2,3)4)50-38-81(78-77-50)47-33-44(61(84)70-29-15-7-13-27-68-56(82)22-11-9-20-54-59-51(39-92-54)73-63(86)75-59)32-45(34-47)62(85)71-30-16-8-14-28-69-57(83)23-12-10-21-55-60-52(40-93-55)74-64(87)76-60/h17-19,24-26,32-36,38,51-52,54-55,59-60H,7-16,20-23,27-31,37,39-40H2,1-6H3,(H,68,82)(H,69,83)(H,70,84)(H,71,85)(H,72,88)(H2,73,75,86)(H2,74,76,87)/b46-26-/t51-,52-,54-,55-,59-,60-/m0/s1. The van der Waals surface area contributed by atoms with Crippen molar-refractivity contribution in [2.24, 2.45) is 0 Å². The fourth-order valence-electron chi connectivity index (χ4n) is 12.2. The van der Waals surface area contributed by atoms with Gasteiger partial charge >= 0.3 is 18.2 Å². The second-order valence-electron chi connectivity index (χ2n) is 25.5. The van der Waals surface area contributed by atoms with Crippen molar-refractivity contribution in [3.8, 4) is 28.1 Å². The van der Waals surface area contributed by atoms with Crippen LogP contribution in [0.3, 0.4) is 0 Å². The maximum Gasteiger partial charge on any atom is 0.407 e. The normalized spacial score (nSPS) is 19.3. The van der Waals surface area contributed by atoms with Gasteiger partial charge in [0.1, 0.15) is 17.1 Å². The van der Waals surface area contributed by atoms with E-state index in [4.69, 9.17) is 4.74 Å². The maximum absolute atomic E-state index is 15.9. The molecule has 0 bridgehead atoms. The Morgan fingerprint density at radius 2 is 1.27 bits per heavy atom. The van der Waals surface area contributed by atoms with E-state index in [1.165, 1.54) is 37.0 Å². The number of carbonyl (C=O) groups is 7. The number of nitrogens with zero attached hydrogens (tertiary/aromatic N) is 5. The van der Waals surface area contributed by atoms with Gasteiger partial charge in [0.2, 0.25) is 21.8 Å². The molecule has 4 saturated heterocycles. The number of thioether (sulfide) groups is 2. The lowest BCUT2D eigenvalue weighted by molar-refractivity contribution is -0.122. The van der Waals surface area contributed by atoms with E-state index in [1.807, 2.05) is 48.6 Å². The maximum atomic E-state index is 15.9. The van der Waals surface area contributed by atoms with Gasteiger partial charge in [-0.3, -0.25) is 19.2 Å². The number of benzene rings is 3. The molecule has 9 N–H and O–H groups in total. The molecule has 4 aliphatic rings. The van der Waals surface area contributed by atoms with E-state index in [9.17, 15) is 42.0 Å². The predicted octanol–water partition coefficient (Wildman–Crippen LogP) is 7.98. The summed E-state index contributed by atoms with van der Waals surface area (Å²) in [5.74, 6) is 0.466. The molecule has 28 heteroatoms. The Morgan fingerprint density at radius 3 is 1.82 bits per heavy atom. The Kier molecular flexibility index (Phi) is 24.5. The molecule has 508 valence electrons. The number of aromatic nitrogens is 4. The van der Waals surface area contributed by atoms with Gasteiger partial charge in [0, 0.05) is 121 Å². The van der Waals surface area contributed by atoms with Crippen molar-refractivity contribution in [2.75, 3.05) is 58.3 Å². The van der Waals surface area contributed by atoms with Crippen molar-refractivity contribution in [2.45, 2.75) is 169 Å². The number of fused-ring (bicyclic) bond motifs is 3. The van der Waals surface area contributed by atoms with Crippen LogP contribution in [0, 0.1) is 6.92 Å². The largest absolute Gasteiger partial charge is 0.444 e. The number of carbonyl (C=O) groups excluding carboxylic acids is 7. The van der Waals surface area contributed by atoms with Gasteiger partial charge in [0.25, 0.3) is 11.8 Å². The Hall–Kier alpha value is -7.69. The number of hydrogen-bond acceptors (Lipinski definition) is 14. The molecule has 4 aliphatic heterocycles. The van der Waals surface area contributed by atoms with Gasteiger partial charge in [-0.05, 0) is 146 Å². The SMILES string of the molecule is Cc1c(-c2cccc(S(=O)(=O)N(C)C)c2)c2cc(-c3cn(-c4cc(C(=O)NCCCCCNC(=O)CCCC[C@@H]5SC[C@@H]6NC(=O)N[C@@H]65)cc(C(=O)NCCCCCNC(=O)CCCC[C@@H]5SC[C@@H]6NC(=O)N[C@@H]65)c4)nn3)ccc2n1C/C(F)=C/CNC(=O)OC(C)(C)C. The summed E-state index contributed by atoms with van der Waals surface area (Å²) in [6, 6.07) is 17.3. The molecule has 94 heavy (non-hydrogen) atoms. The average molecular weight is 1350 g/mol. The zero-order valence-electron chi connectivity index (χ0n) is 54.4. The predicted molar refractivity (Wildman–Crippen MR) is 363 cm³/mol. The number of urea groups is 2. The van der Waals surface area contributed by atoms with Crippen LogP contribution in [0.2, 0.25) is 0 Å². The smallest absolute Gasteiger partial charge is 0.407 e. The van der Waals surface area contributed by atoms with Gasteiger partial charge in [-0.15, -0.1) is 5.10 Å². The molecule has 0 unspecified atom stereocenters. The Morgan fingerprint density at radius 1 is 0.702 bits per heavy atom. The highest BCUT2D eigenvalue weighted by Crippen LogP contribution is 2.39. The minimum absolute atomic E-state index is 0.00221. The van der Waals surface area contributed by atoms with E-state index in [2.05, 4.69) is 58.2 Å². The number of hydrogen-bond donors (Lipinski definition) is 9. The van der Waals surface area contributed by atoms with E-state index in [1.54, 1.807) is 61.9 Å². The van der Waals surface area contributed by atoms with Gasteiger partial charge < -0.3 is 57.2 Å². The average Bonchev–Trinajstić information content (AvgIpc) is 1.59. The van der Waals surface area contributed by atoms with Crippen LogP contribution in [0.1, 0.15) is 137 Å². The quantitative estimate of drug-likeness (QED) is 0.0142. The van der Waals surface area contributed by atoms with Crippen LogP contribution in [0.15, 0.2) is 83.7 Å². The second-order valence-corrected chi connectivity index (χ2v) is 30.2. The first-order valence-corrected chi connectivity index (χ1v) is 36.1. The fraction of sp³-hybridized carbons (Fsp3) is 0.530. The number of sulfonamides is 1. The number of allylic oxidation sites excluding steroid dienone is 1. The van der Waals surface area contributed by atoms with Gasteiger partial charge in [-0.25, -0.2) is 36.2 Å². The van der Waals surface area contributed by atoms with Crippen molar-refractivity contribution in [3.05, 3.63) is 95.6 Å². The highest BCUT2D eigenvalue weighted by molar-refractivity contribution is 8.00. The minimum atomic E-state index is -3.84. The third-order valence-electron chi connectivity index (χ3n) is 17.1. The molecular weight excluding hydrogens is 1260 g/mol. The molecule has 2 aromatic heterocycles. The van der Waals surface area contributed by atoms with Crippen molar-refractivity contribution >= 4 is 86.2 Å². The molecule has 0 radical (unpaired) electrons. The van der Waals surface area contributed by atoms with Crippen LogP contribution in [-0.4, -0.2) is 173 Å². The highest BCUT2D eigenvalue weighted by atomic mass is 32.2. The van der Waals surface area contributed by atoms with Crippen molar-refractivity contribution < 1.29 is 51.1 Å². The van der Waals surface area contributed by atoms with E-state index >= 15 is 4.39 Å². The van der Waals surface area contributed by atoms with Gasteiger partial charge in [-0.2, -0.15) is 23.5 Å². The number of amides is 9. The lowest BCUT2D eigenvalue weighted by Crippen LogP contribution is -2.36. The summed E-state index contributed by atoms with van der Waals surface area (Å²) in [4.78, 5) is 89.0. The number of ether oxygens (including phenoxy) is 1. The number of unbranched alkanes of at least 4 members (excludes halogenated alkanes) is 6. The van der Waals surface area contributed by atoms with E-state index in [0.717, 1.165) is 80.0 Å². The Balaban J connectivity index is 0.841. The summed E-state index contributed by atoms with van der Waals surface area (Å²) in [6.45, 7) is 8.41. The molecule has 4 fully saturated rings. The molecule has 3 aromatic carbocycles. The van der Waals surface area contributed by atoms with Crippen LogP contribution >= 0.6 is 23.5 Å². The lowest BCUT2D eigenvalue weighted by Gasteiger charge is -2.19. The monoisotopic (exact) mass is 1350 g/mol. The van der Waals surface area contributed by atoms with Gasteiger partial charge in [0.15, 0.2) is 0 Å². The molecule has 0 saturated carbocycles. The van der Waals surface area contributed by atoms with Crippen LogP contribution < -0.4 is 47.9 Å². The van der Waals surface area contributed by atoms with Gasteiger partial charge in [-0.1, -0.05) is 36.3 Å². The van der Waals surface area contributed by atoms with E-state index in [0.29, 0.717) is 107 Å². The zero-order valence-corrected chi connectivity index (χ0v) is 56.8.